The van der Waals surface area contributed by atoms with Gasteiger partial charge in [0.1, 0.15) is 8.07 Å². The van der Waals surface area contributed by atoms with Crippen LogP contribution in [0.1, 0.15) is 0 Å². The normalized spacial score (nSPS) is 11.8. The smallest absolute Gasteiger partial charge is 0.102 e. The van der Waals surface area contributed by atoms with E-state index in [1.807, 2.05) is 24.7 Å². The Labute approximate surface area is 112 Å². The molecule has 0 atom stereocenters. The van der Waals surface area contributed by atoms with E-state index in [2.05, 4.69) is 22.6 Å². The maximum absolute atomic E-state index is 6.06. The average Bonchev–Trinajstić information content (AvgIpc) is 2.68. The molecule has 0 bridgehead atoms. The van der Waals surface area contributed by atoms with Crippen LogP contribution in [0.15, 0.2) is 36.9 Å². The van der Waals surface area contributed by atoms with Crippen molar-refractivity contribution >= 4 is 36.5 Å². The maximum Gasteiger partial charge on any atom is 0.102 e. The average molecular weight is 285 g/mol. The topological polar surface area (TPSA) is 17.8 Å². The molecule has 2 rings (SSSR count). The lowest BCUT2D eigenvalue weighted by atomic mass is 10.4. The lowest BCUT2D eigenvalue weighted by Crippen LogP contribution is -2.45. The van der Waals surface area contributed by atoms with E-state index in [4.69, 9.17) is 23.2 Å². The summed E-state index contributed by atoms with van der Waals surface area (Å²) in [6, 6.07) is 5.82. The Bertz CT molecular complexity index is 489. The Hall–Kier alpha value is -0.773. The first kappa shape index (κ1) is 12.7. The first-order valence-electron chi connectivity index (χ1n) is 5.40. The van der Waals surface area contributed by atoms with E-state index < -0.39 is 8.07 Å². The van der Waals surface area contributed by atoms with Crippen molar-refractivity contribution in [1.82, 2.24) is 9.55 Å². The van der Waals surface area contributed by atoms with Crippen LogP contribution >= 0.6 is 23.2 Å². The first-order valence-corrected chi connectivity index (χ1v) is 9.36. The van der Waals surface area contributed by atoms with Crippen LogP contribution < -0.4 is 5.19 Å². The van der Waals surface area contributed by atoms with E-state index in [0.717, 1.165) is 6.17 Å². The van der Waals surface area contributed by atoms with E-state index in [-0.39, 0.29) is 0 Å². The second kappa shape index (κ2) is 4.84. The zero-order valence-corrected chi connectivity index (χ0v) is 12.3. The molecule has 17 heavy (non-hydrogen) atoms. The molecule has 1 heterocycles. The largest absolute Gasteiger partial charge is 0.340 e. The molecule has 0 spiro atoms. The minimum Gasteiger partial charge on any atom is -0.340 e. The van der Waals surface area contributed by atoms with Crippen molar-refractivity contribution in [1.29, 1.82) is 0 Å². The van der Waals surface area contributed by atoms with Crippen LogP contribution in [0.25, 0.3) is 0 Å². The molecule has 0 saturated heterocycles. The number of nitrogens with zero attached hydrogens (tertiary/aromatic N) is 2. The number of benzene rings is 1. The Kier molecular flexibility index (Phi) is 3.61. The summed E-state index contributed by atoms with van der Waals surface area (Å²) < 4.78 is 2.11. The summed E-state index contributed by atoms with van der Waals surface area (Å²) in [6.45, 7) is 4.60. The number of halogens is 2. The van der Waals surface area contributed by atoms with Crippen molar-refractivity contribution in [3.8, 4) is 0 Å². The molecule has 0 aliphatic carbocycles. The summed E-state index contributed by atoms with van der Waals surface area (Å²) in [5.74, 6) is 0. The van der Waals surface area contributed by atoms with Crippen LogP contribution in [0, 0.1) is 0 Å². The summed E-state index contributed by atoms with van der Waals surface area (Å²) in [6.07, 6.45) is 6.61. The molecule has 0 unspecified atom stereocenters. The number of aromatic nitrogens is 2. The molecular weight excluding hydrogens is 271 g/mol. The highest BCUT2D eigenvalue weighted by molar-refractivity contribution is 6.89. The minimum absolute atomic E-state index is 0.707. The number of imidazole rings is 1. The summed E-state index contributed by atoms with van der Waals surface area (Å²) in [5.41, 5.74) is 0. The van der Waals surface area contributed by atoms with Crippen molar-refractivity contribution in [3.05, 3.63) is 47.0 Å². The molecule has 1 aromatic heterocycles. The van der Waals surface area contributed by atoms with Gasteiger partial charge in [0.15, 0.2) is 0 Å². The third kappa shape index (κ3) is 3.12. The molecule has 0 aliphatic heterocycles. The lowest BCUT2D eigenvalue weighted by Gasteiger charge is -2.23. The zero-order chi connectivity index (χ0) is 12.5. The third-order valence-electron chi connectivity index (χ3n) is 2.78. The summed E-state index contributed by atoms with van der Waals surface area (Å²) in [5, 5.41) is 2.68. The van der Waals surface area contributed by atoms with Gasteiger partial charge in [-0.25, -0.2) is 4.98 Å². The molecule has 2 nitrogen and oxygen atoms in total. The lowest BCUT2D eigenvalue weighted by molar-refractivity contribution is 0.855. The molecular formula is C12H14Cl2N2Si. The maximum atomic E-state index is 6.06. The third-order valence-corrected chi connectivity index (χ3v) is 6.22. The SMILES string of the molecule is C[Si](C)(Cn1ccnc1)c1cc(Cl)cc(Cl)c1. The van der Waals surface area contributed by atoms with Gasteiger partial charge in [-0.05, 0) is 18.2 Å². The molecule has 0 aliphatic rings. The van der Waals surface area contributed by atoms with Gasteiger partial charge in [0.2, 0.25) is 0 Å². The summed E-state index contributed by atoms with van der Waals surface area (Å²) in [7, 11) is -1.59. The van der Waals surface area contributed by atoms with Crippen LogP contribution in [0.4, 0.5) is 0 Å². The molecule has 2 aromatic rings. The monoisotopic (exact) mass is 284 g/mol. The fraction of sp³-hybridized carbons (Fsp3) is 0.250. The van der Waals surface area contributed by atoms with Crippen LogP contribution in [0.5, 0.6) is 0 Å². The molecule has 0 radical (unpaired) electrons. The second-order valence-electron chi connectivity index (χ2n) is 4.78. The van der Waals surface area contributed by atoms with Gasteiger partial charge >= 0.3 is 0 Å². The second-order valence-corrected chi connectivity index (χ2v) is 10.3. The number of hydrogen-bond acceptors (Lipinski definition) is 1. The van der Waals surface area contributed by atoms with Gasteiger partial charge in [-0.2, -0.15) is 0 Å². The van der Waals surface area contributed by atoms with Gasteiger partial charge in [-0.1, -0.05) is 41.5 Å². The van der Waals surface area contributed by atoms with Crippen molar-refractivity contribution in [2.45, 2.75) is 19.3 Å². The fourth-order valence-corrected chi connectivity index (χ4v) is 4.96. The van der Waals surface area contributed by atoms with Gasteiger partial charge in [0.25, 0.3) is 0 Å². The van der Waals surface area contributed by atoms with Gasteiger partial charge in [-0.15, -0.1) is 0 Å². The van der Waals surface area contributed by atoms with Crippen LogP contribution in [-0.4, -0.2) is 17.6 Å². The summed E-state index contributed by atoms with van der Waals surface area (Å²) in [4.78, 5) is 4.07. The van der Waals surface area contributed by atoms with E-state index in [9.17, 15) is 0 Å². The predicted octanol–water partition coefficient (Wildman–Crippen LogP) is 3.34. The van der Waals surface area contributed by atoms with Crippen LogP contribution in [0.2, 0.25) is 23.1 Å². The van der Waals surface area contributed by atoms with Gasteiger partial charge in [0, 0.05) is 28.6 Å². The zero-order valence-electron chi connectivity index (χ0n) is 9.82. The van der Waals surface area contributed by atoms with Crippen molar-refractivity contribution < 1.29 is 0 Å². The Morgan fingerprint density at radius 1 is 1.18 bits per heavy atom. The van der Waals surface area contributed by atoms with E-state index >= 15 is 0 Å². The molecule has 0 N–H and O–H groups in total. The van der Waals surface area contributed by atoms with Crippen LogP contribution in [-0.2, 0) is 6.17 Å². The van der Waals surface area contributed by atoms with Crippen molar-refractivity contribution in [2.75, 3.05) is 0 Å². The molecule has 0 fully saturated rings. The highest BCUT2D eigenvalue weighted by atomic mass is 35.5. The van der Waals surface area contributed by atoms with E-state index in [1.165, 1.54) is 5.19 Å². The Balaban J connectivity index is 2.30. The Morgan fingerprint density at radius 3 is 2.35 bits per heavy atom. The summed E-state index contributed by atoms with van der Waals surface area (Å²) >= 11 is 12.1. The number of hydrogen-bond donors (Lipinski definition) is 0. The van der Waals surface area contributed by atoms with E-state index in [0.29, 0.717) is 10.0 Å². The van der Waals surface area contributed by atoms with Crippen molar-refractivity contribution in [3.63, 3.8) is 0 Å². The van der Waals surface area contributed by atoms with Gasteiger partial charge < -0.3 is 4.57 Å². The minimum atomic E-state index is -1.59. The first-order chi connectivity index (χ1) is 7.97. The molecule has 0 amide bonds. The molecule has 90 valence electrons. The van der Waals surface area contributed by atoms with Crippen molar-refractivity contribution in [2.24, 2.45) is 0 Å². The predicted molar refractivity (Wildman–Crippen MR) is 75.8 cm³/mol. The van der Waals surface area contributed by atoms with Crippen LogP contribution in [0.3, 0.4) is 0 Å². The molecule has 1 aromatic carbocycles. The molecule has 5 heteroatoms. The highest BCUT2D eigenvalue weighted by Gasteiger charge is 2.24. The van der Waals surface area contributed by atoms with Gasteiger partial charge in [-0.3, -0.25) is 0 Å². The fourth-order valence-electron chi connectivity index (χ4n) is 1.87. The Morgan fingerprint density at radius 2 is 1.82 bits per heavy atom. The van der Waals surface area contributed by atoms with Gasteiger partial charge in [0.05, 0.1) is 6.33 Å². The molecule has 0 saturated carbocycles. The number of rotatable bonds is 3. The quantitative estimate of drug-likeness (QED) is 0.791. The standard InChI is InChI=1S/C12H14Cl2N2Si/c1-17(2,9-16-4-3-15-8-16)12-6-10(13)5-11(14)7-12/h3-8H,9H2,1-2H3. The highest BCUT2D eigenvalue weighted by Crippen LogP contribution is 2.17. The van der Waals surface area contributed by atoms with E-state index in [1.54, 1.807) is 12.3 Å².